The van der Waals surface area contributed by atoms with Gasteiger partial charge in [-0.15, -0.1) is 0 Å². The molecule has 0 spiro atoms. The Morgan fingerprint density at radius 3 is 2.61 bits per heavy atom. The molecule has 1 atom stereocenters. The number of amides is 2. The zero-order valence-electron chi connectivity index (χ0n) is 19.5. The number of benzene rings is 2. The van der Waals surface area contributed by atoms with Gasteiger partial charge < -0.3 is 15.0 Å². The van der Waals surface area contributed by atoms with E-state index < -0.39 is 24.4 Å². The molecular weight excluding hydrogens is 475 g/mol. The normalized spacial score (nSPS) is 15.3. The van der Waals surface area contributed by atoms with Crippen molar-refractivity contribution in [3.05, 3.63) is 71.0 Å². The summed E-state index contributed by atoms with van der Waals surface area (Å²) in [6.45, 7) is 2.14. The van der Waals surface area contributed by atoms with Crippen LogP contribution in [0.25, 0.3) is 0 Å². The quantitative estimate of drug-likeness (QED) is 0.538. The predicted molar refractivity (Wildman–Crippen MR) is 125 cm³/mol. The molecule has 11 heteroatoms. The van der Waals surface area contributed by atoms with E-state index in [4.69, 9.17) is 4.74 Å². The smallest absolute Gasteiger partial charge is 0.389 e. The summed E-state index contributed by atoms with van der Waals surface area (Å²) in [6, 6.07) is 12.6. The molecule has 36 heavy (non-hydrogen) atoms. The third-order valence-electron chi connectivity index (χ3n) is 5.87. The van der Waals surface area contributed by atoms with Crippen molar-refractivity contribution in [2.24, 2.45) is 0 Å². The van der Waals surface area contributed by atoms with Crippen LogP contribution >= 0.6 is 0 Å². The molecule has 0 aliphatic carbocycles. The van der Waals surface area contributed by atoms with Gasteiger partial charge in [-0.2, -0.15) is 23.5 Å². The van der Waals surface area contributed by atoms with Gasteiger partial charge in [-0.25, -0.2) is 0 Å². The Balaban J connectivity index is 1.56. The van der Waals surface area contributed by atoms with E-state index in [-0.39, 0.29) is 29.3 Å². The first-order valence-electron chi connectivity index (χ1n) is 11.1. The summed E-state index contributed by atoms with van der Waals surface area (Å²) in [5.41, 5.74) is 1.77. The largest absolute Gasteiger partial charge is 0.495 e. The summed E-state index contributed by atoms with van der Waals surface area (Å²) >= 11 is 0. The summed E-state index contributed by atoms with van der Waals surface area (Å²) in [7, 11) is 1.43. The van der Waals surface area contributed by atoms with Gasteiger partial charge in [0.1, 0.15) is 17.5 Å². The number of carbonyl (C=O) groups excluding carboxylic acids is 2. The Labute approximate surface area is 204 Å². The fourth-order valence-electron chi connectivity index (χ4n) is 4.11. The van der Waals surface area contributed by atoms with Crippen molar-refractivity contribution in [2.45, 2.75) is 38.5 Å². The lowest BCUT2D eigenvalue weighted by atomic mass is 10.1. The van der Waals surface area contributed by atoms with E-state index in [0.29, 0.717) is 29.2 Å². The number of anilines is 2. The van der Waals surface area contributed by atoms with Gasteiger partial charge in [-0.3, -0.25) is 14.3 Å². The lowest BCUT2D eigenvalue weighted by Gasteiger charge is -2.34. The van der Waals surface area contributed by atoms with Crippen LogP contribution in [0.1, 0.15) is 45.3 Å². The maximum atomic E-state index is 13.5. The molecule has 1 aliphatic rings. The molecule has 1 aromatic heterocycles. The Morgan fingerprint density at radius 2 is 1.97 bits per heavy atom. The summed E-state index contributed by atoms with van der Waals surface area (Å²) < 4.78 is 44.1. The molecule has 8 nitrogen and oxygen atoms in total. The molecule has 2 amide bonds. The highest BCUT2D eigenvalue weighted by Crippen LogP contribution is 2.29. The minimum atomic E-state index is -4.24. The molecule has 186 valence electrons. The Morgan fingerprint density at radius 1 is 1.25 bits per heavy atom. The number of hydrogen-bond acceptors (Lipinski definition) is 5. The molecule has 4 rings (SSSR count). The van der Waals surface area contributed by atoms with Crippen LogP contribution in [0.15, 0.2) is 48.7 Å². The highest BCUT2D eigenvalue weighted by atomic mass is 19.4. The lowest BCUT2D eigenvalue weighted by Crippen LogP contribution is -2.47. The van der Waals surface area contributed by atoms with Crippen LogP contribution in [0.2, 0.25) is 0 Å². The van der Waals surface area contributed by atoms with Crippen LogP contribution in [0.5, 0.6) is 5.75 Å². The molecule has 0 fully saturated rings. The van der Waals surface area contributed by atoms with Gasteiger partial charge in [0.2, 0.25) is 0 Å². The summed E-state index contributed by atoms with van der Waals surface area (Å²) in [4.78, 5) is 28.0. The van der Waals surface area contributed by atoms with E-state index >= 15 is 0 Å². The molecule has 2 heterocycles. The van der Waals surface area contributed by atoms with Crippen molar-refractivity contribution in [2.75, 3.05) is 17.3 Å². The fourth-order valence-corrected chi connectivity index (χ4v) is 4.11. The first-order valence-corrected chi connectivity index (χ1v) is 11.1. The van der Waals surface area contributed by atoms with Gasteiger partial charge in [0, 0.05) is 17.8 Å². The highest BCUT2D eigenvalue weighted by Gasteiger charge is 2.36. The molecule has 0 saturated carbocycles. The van der Waals surface area contributed by atoms with Crippen LogP contribution in [-0.4, -0.2) is 40.9 Å². The average molecular weight is 497 g/mol. The van der Waals surface area contributed by atoms with Crippen molar-refractivity contribution in [3.8, 4) is 11.8 Å². The average Bonchev–Trinajstić information content (AvgIpc) is 3.27. The maximum Gasteiger partial charge on any atom is 0.389 e. The summed E-state index contributed by atoms with van der Waals surface area (Å²) in [5, 5.41) is 16.2. The monoisotopic (exact) mass is 497 g/mol. The minimum absolute atomic E-state index is 0.0630. The van der Waals surface area contributed by atoms with Crippen molar-refractivity contribution in [3.63, 3.8) is 0 Å². The number of aryl methyl sites for hydroxylation is 1. The van der Waals surface area contributed by atoms with Crippen molar-refractivity contribution in [1.82, 2.24) is 9.78 Å². The zero-order valence-corrected chi connectivity index (χ0v) is 19.5. The number of aromatic nitrogens is 2. The number of fused-ring (bicyclic) bond motifs is 1. The van der Waals surface area contributed by atoms with Gasteiger partial charge in [-0.05, 0) is 49.2 Å². The zero-order chi connectivity index (χ0) is 26.0. The standard InChI is InChI=1S/C25H22F3N5O3/c1-15-14-32-22(24(35)33(15)19-6-3-16(4-7-19)9-10-25(26,27)28)20(13-30-32)23(34)31-18-5-8-21(36-2)17(11-18)12-29/h3-8,11,13,15H,9-10,14H2,1-2H3,(H,31,34). The second-order valence-corrected chi connectivity index (χ2v) is 8.38. The van der Waals surface area contributed by atoms with Crippen molar-refractivity contribution < 1.29 is 27.5 Å². The number of nitrogens with one attached hydrogen (secondary N) is 1. The number of methoxy groups -OCH3 is 1. The molecule has 1 aliphatic heterocycles. The molecule has 1 N–H and O–H groups in total. The van der Waals surface area contributed by atoms with E-state index in [9.17, 15) is 28.0 Å². The number of halogens is 3. The van der Waals surface area contributed by atoms with E-state index in [1.807, 2.05) is 13.0 Å². The van der Waals surface area contributed by atoms with Crippen molar-refractivity contribution in [1.29, 1.82) is 5.26 Å². The third kappa shape index (κ3) is 5.02. The van der Waals surface area contributed by atoms with Crippen LogP contribution < -0.4 is 15.0 Å². The number of ether oxygens (including phenoxy) is 1. The molecule has 0 radical (unpaired) electrons. The van der Waals surface area contributed by atoms with E-state index in [1.54, 1.807) is 36.4 Å². The minimum Gasteiger partial charge on any atom is -0.495 e. The van der Waals surface area contributed by atoms with Crippen LogP contribution in [0.4, 0.5) is 24.5 Å². The van der Waals surface area contributed by atoms with Crippen LogP contribution in [0, 0.1) is 11.3 Å². The third-order valence-corrected chi connectivity index (χ3v) is 5.87. The second-order valence-electron chi connectivity index (χ2n) is 8.38. The van der Waals surface area contributed by atoms with E-state index in [1.165, 1.54) is 29.0 Å². The Hall–Kier alpha value is -4.33. The van der Waals surface area contributed by atoms with Gasteiger partial charge in [-0.1, -0.05) is 12.1 Å². The fraction of sp³-hybridized carbons (Fsp3) is 0.280. The predicted octanol–water partition coefficient (Wildman–Crippen LogP) is 4.56. The van der Waals surface area contributed by atoms with E-state index in [0.717, 1.165) is 0 Å². The summed E-state index contributed by atoms with van der Waals surface area (Å²) in [5.74, 6) is -0.662. The van der Waals surface area contributed by atoms with Crippen LogP contribution in [-0.2, 0) is 13.0 Å². The van der Waals surface area contributed by atoms with Crippen LogP contribution in [0.3, 0.4) is 0 Å². The molecular formula is C25H22F3N5O3. The van der Waals surface area contributed by atoms with Crippen molar-refractivity contribution >= 4 is 23.2 Å². The SMILES string of the molecule is COc1ccc(NC(=O)c2cnn3c2C(=O)N(c2ccc(CCC(F)(F)F)cc2)C(C)C3)cc1C#N. The summed E-state index contributed by atoms with van der Waals surface area (Å²) in [6.07, 6.45) is -4.00. The Kier molecular flexibility index (Phi) is 6.70. The van der Waals surface area contributed by atoms with Gasteiger partial charge >= 0.3 is 6.18 Å². The van der Waals surface area contributed by atoms with E-state index in [2.05, 4.69) is 10.4 Å². The first kappa shape index (κ1) is 24.8. The van der Waals surface area contributed by atoms with Gasteiger partial charge in [0.05, 0.1) is 37.0 Å². The second kappa shape index (κ2) is 9.73. The Bertz CT molecular complexity index is 1340. The first-order chi connectivity index (χ1) is 17.1. The molecule has 0 saturated heterocycles. The number of alkyl halides is 3. The molecule has 0 bridgehead atoms. The molecule has 1 unspecified atom stereocenters. The van der Waals surface area contributed by atoms with Gasteiger partial charge in [0.15, 0.2) is 0 Å². The number of nitrogens with zero attached hydrogens (tertiary/aromatic N) is 4. The molecule has 2 aromatic carbocycles. The number of rotatable bonds is 6. The highest BCUT2D eigenvalue weighted by molar-refractivity contribution is 6.15. The topological polar surface area (TPSA) is 100 Å². The van der Waals surface area contributed by atoms with Gasteiger partial charge in [0.25, 0.3) is 11.8 Å². The number of nitriles is 1. The molecule has 3 aromatic rings. The number of hydrogen-bond donors (Lipinski definition) is 1. The lowest BCUT2D eigenvalue weighted by molar-refractivity contribution is -0.134. The number of carbonyl (C=O) groups is 2. The maximum absolute atomic E-state index is 13.5.